The molecule has 20 heavy (non-hydrogen) atoms. The second-order valence-electron chi connectivity index (χ2n) is 4.66. The summed E-state index contributed by atoms with van der Waals surface area (Å²) >= 11 is 1.51. The summed E-state index contributed by atoms with van der Waals surface area (Å²) in [7, 11) is 0. The summed E-state index contributed by atoms with van der Waals surface area (Å²) < 4.78 is 0. The SMILES string of the molecule is Cc1ccc(SC(C(=O)NN)c2ccccc2)cc1C. The largest absolute Gasteiger partial charge is 0.293 e. The van der Waals surface area contributed by atoms with Crippen LogP contribution in [0.15, 0.2) is 53.4 Å². The molecular formula is C16H18N2OS. The summed E-state index contributed by atoms with van der Waals surface area (Å²) in [4.78, 5) is 13.1. The molecule has 0 spiro atoms. The fourth-order valence-corrected chi connectivity index (χ4v) is 3.03. The summed E-state index contributed by atoms with van der Waals surface area (Å²) in [5, 5.41) is -0.344. The molecule has 104 valence electrons. The molecule has 0 heterocycles. The van der Waals surface area contributed by atoms with E-state index >= 15 is 0 Å². The van der Waals surface area contributed by atoms with Crippen LogP contribution in [0.5, 0.6) is 0 Å². The molecule has 0 aliphatic heterocycles. The summed E-state index contributed by atoms with van der Waals surface area (Å²) in [6.07, 6.45) is 0. The third kappa shape index (κ3) is 3.40. The molecule has 0 saturated carbocycles. The minimum absolute atomic E-state index is 0.195. The quantitative estimate of drug-likeness (QED) is 0.393. The zero-order valence-corrected chi connectivity index (χ0v) is 12.4. The van der Waals surface area contributed by atoms with Gasteiger partial charge in [0, 0.05) is 4.90 Å². The van der Waals surface area contributed by atoms with Crippen LogP contribution in [0.2, 0.25) is 0 Å². The van der Waals surface area contributed by atoms with Crippen molar-refractivity contribution >= 4 is 17.7 Å². The monoisotopic (exact) mass is 286 g/mol. The molecule has 2 rings (SSSR count). The molecule has 0 radical (unpaired) electrons. The van der Waals surface area contributed by atoms with Crippen LogP contribution in [-0.4, -0.2) is 5.91 Å². The van der Waals surface area contributed by atoms with Gasteiger partial charge in [0.25, 0.3) is 5.91 Å². The fourth-order valence-electron chi connectivity index (χ4n) is 1.90. The minimum Gasteiger partial charge on any atom is -0.293 e. The van der Waals surface area contributed by atoms with Gasteiger partial charge in [-0.15, -0.1) is 11.8 Å². The third-order valence-corrected chi connectivity index (χ3v) is 4.46. The molecule has 1 atom stereocenters. The maximum atomic E-state index is 12.0. The molecule has 3 N–H and O–H groups in total. The fraction of sp³-hybridized carbons (Fsp3) is 0.188. The Morgan fingerprint density at radius 2 is 1.80 bits per heavy atom. The minimum atomic E-state index is -0.344. The van der Waals surface area contributed by atoms with Crippen LogP contribution in [0.1, 0.15) is 21.9 Å². The van der Waals surface area contributed by atoms with Crippen molar-refractivity contribution in [2.75, 3.05) is 0 Å². The first-order valence-corrected chi connectivity index (χ1v) is 7.29. The van der Waals surface area contributed by atoms with Gasteiger partial charge in [0.15, 0.2) is 0 Å². The van der Waals surface area contributed by atoms with E-state index in [1.807, 2.05) is 36.4 Å². The van der Waals surface area contributed by atoms with Gasteiger partial charge in [-0.05, 0) is 42.7 Å². The van der Waals surface area contributed by atoms with Crippen LogP contribution in [-0.2, 0) is 4.79 Å². The average molecular weight is 286 g/mol. The first kappa shape index (κ1) is 14.6. The number of hydrazine groups is 1. The number of hydrogen-bond donors (Lipinski definition) is 2. The molecule has 1 amide bonds. The third-order valence-electron chi connectivity index (χ3n) is 3.22. The van der Waals surface area contributed by atoms with Gasteiger partial charge in [0.1, 0.15) is 5.25 Å². The molecule has 4 heteroatoms. The number of nitrogens with two attached hydrogens (primary N) is 1. The van der Waals surface area contributed by atoms with Gasteiger partial charge in [0.2, 0.25) is 0 Å². The lowest BCUT2D eigenvalue weighted by atomic mass is 10.1. The Morgan fingerprint density at radius 3 is 2.40 bits per heavy atom. The Morgan fingerprint density at radius 1 is 1.10 bits per heavy atom. The number of amides is 1. The zero-order valence-electron chi connectivity index (χ0n) is 11.6. The van der Waals surface area contributed by atoms with E-state index in [9.17, 15) is 4.79 Å². The van der Waals surface area contributed by atoms with E-state index in [4.69, 9.17) is 5.84 Å². The molecule has 3 nitrogen and oxygen atoms in total. The van der Waals surface area contributed by atoms with E-state index in [-0.39, 0.29) is 11.2 Å². The van der Waals surface area contributed by atoms with Gasteiger partial charge >= 0.3 is 0 Å². The predicted octanol–water partition coefficient (Wildman–Crippen LogP) is 3.13. The molecule has 0 aliphatic carbocycles. The number of benzene rings is 2. The van der Waals surface area contributed by atoms with E-state index in [1.165, 1.54) is 22.9 Å². The number of thioether (sulfide) groups is 1. The standard InChI is InChI=1S/C16H18N2OS/c1-11-8-9-14(10-12(11)2)20-15(16(19)18-17)13-6-4-3-5-7-13/h3-10,15H,17H2,1-2H3,(H,18,19). The van der Waals surface area contributed by atoms with E-state index in [2.05, 4.69) is 31.4 Å². The van der Waals surface area contributed by atoms with Crippen LogP contribution >= 0.6 is 11.8 Å². The lowest BCUT2D eigenvalue weighted by Crippen LogP contribution is -2.33. The van der Waals surface area contributed by atoms with E-state index in [0.29, 0.717) is 0 Å². The average Bonchev–Trinajstić information content (AvgIpc) is 2.48. The lowest BCUT2D eigenvalue weighted by molar-refractivity contribution is -0.120. The van der Waals surface area contributed by atoms with Gasteiger partial charge in [-0.2, -0.15) is 0 Å². The van der Waals surface area contributed by atoms with Crippen molar-refractivity contribution in [2.24, 2.45) is 5.84 Å². The Kier molecular flexibility index (Phi) is 4.82. The smallest absolute Gasteiger partial charge is 0.251 e. The first-order chi connectivity index (χ1) is 9.61. The molecule has 1 unspecified atom stereocenters. The molecular weight excluding hydrogens is 268 g/mol. The number of aryl methyl sites for hydroxylation is 2. The first-order valence-electron chi connectivity index (χ1n) is 6.41. The number of carbonyl (C=O) groups excluding carboxylic acids is 1. The Bertz CT molecular complexity index is 599. The zero-order chi connectivity index (χ0) is 14.5. The van der Waals surface area contributed by atoms with E-state index in [0.717, 1.165) is 10.5 Å². The molecule has 0 aliphatic rings. The predicted molar refractivity (Wildman–Crippen MR) is 83.3 cm³/mol. The Hall–Kier alpha value is -1.78. The second-order valence-corrected chi connectivity index (χ2v) is 5.84. The summed E-state index contributed by atoms with van der Waals surface area (Å²) in [5.74, 6) is 5.11. The highest BCUT2D eigenvalue weighted by Gasteiger charge is 2.21. The van der Waals surface area contributed by atoms with Crippen molar-refractivity contribution in [1.82, 2.24) is 5.43 Å². The summed E-state index contributed by atoms with van der Waals surface area (Å²) in [6.45, 7) is 4.14. The van der Waals surface area contributed by atoms with Crippen molar-refractivity contribution in [2.45, 2.75) is 24.0 Å². The van der Waals surface area contributed by atoms with Crippen LogP contribution in [0.25, 0.3) is 0 Å². The number of rotatable bonds is 4. The van der Waals surface area contributed by atoms with Crippen molar-refractivity contribution in [3.05, 3.63) is 65.2 Å². The maximum Gasteiger partial charge on any atom is 0.251 e. The van der Waals surface area contributed by atoms with E-state index < -0.39 is 0 Å². The highest BCUT2D eigenvalue weighted by atomic mass is 32.2. The van der Waals surface area contributed by atoms with Gasteiger partial charge in [-0.3, -0.25) is 10.2 Å². The maximum absolute atomic E-state index is 12.0. The molecule has 0 bridgehead atoms. The number of carbonyl (C=O) groups is 1. The Balaban J connectivity index is 2.28. The van der Waals surface area contributed by atoms with E-state index in [1.54, 1.807) is 0 Å². The van der Waals surface area contributed by atoms with Gasteiger partial charge < -0.3 is 0 Å². The molecule has 0 fully saturated rings. The number of nitrogens with one attached hydrogen (secondary N) is 1. The molecule has 0 saturated heterocycles. The van der Waals surface area contributed by atoms with Crippen molar-refractivity contribution < 1.29 is 4.79 Å². The number of hydrogen-bond acceptors (Lipinski definition) is 3. The van der Waals surface area contributed by atoms with Crippen LogP contribution in [0, 0.1) is 13.8 Å². The second kappa shape index (κ2) is 6.59. The van der Waals surface area contributed by atoms with Crippen LogP contribution < -0.4 is 11.3 Å². The normalized spacial score (nSPS) is 11.9. The molecule has 2 aromatic rings. The molecule has 0 aromatic heterocycles. The Labute approximate surface area is 123 Å². The summed E-state index contributed by atoms with van der Waals surface area (Å²) in [5.41, 5.74) is 5.66. The highest BCUT2D eigenvalue weighted by Crippen LogP contribution is 2.35. The van der Waals surface area contributed by atoms with Crippen LogP contribution in [0.4, 0.5) is 0 Å². The highest BCUT2D eigenvalue weighted by molar-refractivity contribution is 8.00. The van der Waals surface area contributed by atoms with Crippen molar-refractivity contribution in [1.29, 1.82) is 0 Å². The molecule has 2 aromatic carbocycles. The lowest BCUT2D eigenvalue weighted by Gasteiger charge is -2.16. The van der Waals surface area contributed by atoms with Crippen molar-refractivity contribution in [3.8, 4) is 0 Å². The van der Waals surface area contributed by atoms with Crippen molar-refractivity contribution in [3.63, 3.8) is 0 Å². The van der Waals surface area contributed by atoms with Gasteiger partial charge in [0.05, 0.1) is 0 Å². The summed E-state index contributed by atoms with van der Waals surface area (Å²) in [6, 6.07) is 15.9. The topological polar surface area (TPSA) is 55.1 Å². The van der Waals surface area contributed by atoms with Gasteiger partial charge in [-0.25, -0.2) is 5.84 Å². The van der Waals surface area contributed by atoms with Gasteiger partial charge in [-0.1, -0.05) is 36.4 Å². The van der Waals surface area contributed by atoms with Crippen LogP contribution in [0.3, 0.4) is 0 Å².